The van der Waals surface area contributed by atoms with E-state index >= 15 is 0 Å². The Kier molecular flexibility index (Phi) is 11.6. The molecule has 0 N–H and O–H groups in total. The predicted octanol–water partition coefficient (Wildman–Crippen LogP) is 5.33. The van der Waals surface area contributed by atoms with E-state index < -0.39 is 0 Å². The summed E-state index contributed by atoms with van der Waals surface area (Å²) in [6.45, 7) is 4.73. The number of carbonyl (C=O) groups excluding carboxylic acids is 4. The summed E-state index contributed by atoms with van der Waals surface area (Å²) in [6, 6.07) is 14.3. The largest absolute Gasteiger partial charge is 0.494 e. The number of amides is 2. The van der Waals surface area contributed by atoms with Gasteiger partial charge in [0.1, 0.15) is 11.5 Å². The van der Waals surface area contributed by atoms with Crippen LogP contribution in [0.3, 0.4) is 0 Å². The highest BCUT2D eigenvalue weighted by molar-refractivity contribution is 8.14. The minimum absolute atomic E-state index is 0.0721. The summed E-state index contributed by atoms with van der Waals surface area (Å²) in [5.41, 5.74) is 0.577. The summed E-state index contributed by atoms with van der Waals surface area (Å²) in [5, 5.41) is -0.0721. The van der Waals surface area contributed by atoms with Crippen molar-refractivity contribution in [3.05, 3.63) is 79.1 Å². The van der Waals surface area contributed by atoms with E-state index in [0.29, 0.717) is 56.1 Å². The molecular weight excluding hydrogens is 506 g/mol. The molecule has 0 unspecified atom stereocenters. The van der Waals surface area contributed by atoms with Gasteiger partial charge in [0.2, 0.25) is 5.12 Å². The number of ether oxygens (including phenoxy) is 3. The molecule has 200 valence electrons. The summed E-state index contributed by atoms with van der Waals surface area (Å²) in [7, 11) is 0. The fourth-order valence-corrected chi connectivity index (χ4v) is 4.30. The molecule has 1 aliphatic heterocycles. The van der Waals surface area contributed by atoms with Crippen molar-refractivity contribution in [2.24, 2.45) is 0 Å². The number of thioether (sulfide) groups is 1. The van der Waals surface area contributed by atoms with E-state index in [1.165, 1.54) is 17.1 Å². The molecule has 1 aliphatic rings. The molecule has 0 saturated heterocycles. The fourth-order valence-electron chi connectivity index (χ4n) is 3.56. The molecule has 8 nitrogen and oxygen atoms in total. The van der Waals surface area contributed by atoms with E-state index in [2.05, 4.69) is 11.3 Å². The number of esters is 1. The maximum atomic E-state index is 12.6. The Bertz CT molecular complexity index is 1120. The van der Waals surface area contributed by atoms with Crippen LogP contribution < -0.4 is 9.47 Å². The number of hydrogen-bond acceptors (Lipinski definition) is 8. The predicted molar refractivity (Wildman–Crippen MR) is 144 cm³/mol. The topological polar surface area (TPSA) is 99.2 Å². The van der Waals surface area contributed by atoms with E-state index in [9.17, 15) is 19.2 Å². The first-order valence-electron chi connectivity index (χ1n) is 12.5. The summed E-state index contributed by atoms with van der Waals surface area (Å²) >= 11 is 1.14. The second-order valence-electron chi connectivity index (χ2n) is 8.42. The van der Waals surface area contributed by atoms with Crippen LogP contribution in [0.15, 0.2) is 78.4 Å². The lowest BCUT2D eigenvalue weighted by atomic mass is 10.2. The monoisotopic (exact) mass is 537 g/mol. The minimum Gasteiger partial charge on any atom is -0.494 e. The Morgan fingerprint density at radius 1 is 0.789 bits per heavy atom. The average Bonchev–Trinajstić information content (AvgIpc) is 3.24. The first kappa shape index (κ1) is 28.7. The molecule has 0 saturated carbocycles. The van der Waals surface area contributed by atoms with Crippen molar-refractivity contribution < 1.29 is 33.4 Å². The number of benzene rings is 2. The van der Waals surface area contributed by atoms with Gasteiger partial charge < -0.3 is 14.2 Å². The highest BCUT2D eigenvalue weighted by atomic mass is 32.2. The number of hydrogen-bond donors (Lipinski definition) is 0. The SMILES string of the molecule is C=COC(=O)CCCCCOc1ccc(C(=O)Sc2ccc(OCCCCN3C(=O)C=CC3=O)cc2)cc1. The molecular formula is C29H31NO7S. The van der Waals surface area contributed by atoms with Gasteiger partial charge in [0.25, 0.3) is 11.8 Å². The van der Waals surface area contributed by atoms with Crippen LogP contribution >= 0.6 is 11.8 Å². The lowest BCUT2D eigenvalue weighted by Crippen LogP contribution is -2.31. The molecule has 0 spiro atoms. The molecule has 0 aromatic heterocycles. The zero-order valence-corrected chi connectivity index (χ0v) is 22.0. The van der Waals surface area contributed by atoms with Gasteiger partial charge in [-0.2, -0.15) is 0 Å². The van der Waals surface area contributed by atoms with Gasteiger partial charge in [-0.1, -0.05) is 6.58 Å². The summed E-state index contributed by atoms with van der Waals surface area (Å²) < 4.78 is 16.1. The van der Waals surface area contributed by atoms with E-state index in [1.54, 1.807) is 24.3 Å². The number of carbonyl (C=O) groups is 4. The van der Waals surface area contributed by atoms with Gasteiger partial charge in [-0.05, 0) is 92.4 Å². The third-order valence-corrected chi connectivity index (χ3v) is 6.51. The maximum Gasteiger partial charge on any atom is 0.310 e. The van der Waals surface area contributed by atoms with Crippen molar-refractivity contribution in [2.45, 2.75) is 43.4 Å². The van der Waals surface area contributed by atoms with Crippen LogP contribution in [0, 0.1) is 0 Å². The Morgan fingerprint density at radius 3 is 1.97 bits per heavy atom. The lowest BCUT2D eigenvalue weighted by molar-refractivity contribution is -0.138. The van der Waals surface area contributed by atoms with Gasteiger partial charge in [0, 0.05) is 35.6 Å². The van der Waals surface area contributed by atoms with Crippen molar-refractivity contribution in [3.63, 3.8) is 0 Å². The molecule has 0 aliphatic carbocycles. The molecule has 0 fully saturated rings. The van der Waals surface area contributed by atoms with E-state index in [0.717, 1.165) is 42.2 Å². The van der Waals surface area contributed by atoms with Gasteiger partial charge in [0.15, 0.2) is 0 Å². The van der Waals surface area contributed by atoms with E-state index in [-0.39, 0.29) is 22.9 Å². The molecule has 2 aromatic rings. The maximum absolute atomic E-state index is 12.6. The van der Waals surface area contributed by atoms with Crippen molar-refractivity contribution >= 4 is 34.7 Å². The fraction of sp³-hybridized carbons (Fsp3) is 0.310. The normalized spacial score (nSPS) is 12.5. The van der Waals surface area contributed by atoms with Crippen LogP contribution in [0.5, 0.6) is 11.5 Å². The molecule has 0 radical (unpaired) electrons. The molecule has 0 bridgehead atoms. The first-order valence-corrected chi connectivity index (χ1v) is 13.3. The summed E-state index contributed by atoms with van der Waals surface area (Å²) in [5.74, 6) is 0.568. The van der Waals surface area contributed by atoms with Crippen LogP contribution in [0.2, 0.25) is 0 Å². The highest BCUT2D eigenvalue weighted by Crippen LogP contribution is 2.26. The van der Waals surface area contributed by atoms with Crippen LogP contribution in [0.25, 0.3) is 0 Å². The van der Waals surface area contributed by atoms with Crippen molar-refractivity contribution in [1.82, 2.24) is 4.90 Å². The van der Waals surface area contributed by atoms with Gasteiger partial charge in [0.05, 0.1) is 19.5 Å². The van der Waals surface area contributed by atoms with Gasteiger partial charge in [-0.25, -0.2) is 0 Å². The number of rotatable bonds is 16. The summed E-state index contributed by atoms with van der Waals surface area (Å²) in [4.78, 5) is 49.0. The Labute approximate surface area is 226 Å². The van der Waals surface area contributed by atoms with Gasteiger partial charge in [-0.3, -0.25) is 24.1 Å². The second-order valence-corrected chi connectivity index (χ2v) is 9.46. The molecule has 2 aromatic carbocycles. The molecule has 2 amide bonds. The van der Waals surface area contributed by atoms with E-state index in [1.807, 2.05) is 24.3 Å². The van der Waals surface area contributed by atoms with Crippen LogP contribution in [-0.4, -0.2) is 47.6 Å². The standard InChI is InChI=1S/C29H31NO7S/c1-2-35-28(33)8-4-3-6-20-36-23-11-9-22(10-12-23)29(34)38-25-15-13-24(14-16-25)37-21-7-5-19-30-26(31)17-18-27(30)32/h2,9-18H,1,3-8,19-21H2. The zero-order chi connectivity index (χ0) is 27.2. The smallest absolute Gasteiger partial charge is 0.310 e. The molecule has 3 rings (SSSR count). The third-order valence-electron chi connectivity index (χ3n) is 5.58. The Balaban J connectivity index is 1.31. The van der Waals surface area contributed by atoms with E-state index in [4.69, 9.17) is 9.47 Å². The number of unbranched alkanes of at least 4 members (excludes halogenated alkanes) is 3. The van der Waals surface area contributed by atoms with Crippen molar-refractivity contribution in [3.8, 4) is 11.5 Å². The molecule has 1 heterocycles. The summed E-state index contributed by atoms with van der Waals surface area (Å²) in [6.07, 6.45) is 7.84. The van der Waals surface area contributed by atoms with Crippen molar-refractivity contribution in [2.75, 3.05) is 19.8 Å². The second kappa shape index (κ2) is 15.4. The van der Waals surface area contributed by atoms with Gasteiger partial charge >= 0.3 is 5.97 Å². The Hall–Kier alpha value is -3.85. The quantitative estimate of drug-likeness (QED) is 0.0932. The third kappa shape index (κ3) is 9.55. The zero-order valence-electron chi connectivity index (χ0n) is 21.1. The van der Waals surface area contributed by atoms with Crippen molar-refractivity contribution in [1.29, 1.82) is 0 Å². The highest BCUT2D eigenvalue weighted by Gasteiger charge is 2.22. The van der Waals surface area contributed by atoms with Crippen LogP contribution in [0.4, 0.5) is 0 Å². The van der Waals surface area contributed by atoms with Crippen LogP contribution in [0.1, 0.15) is 48.9 Å². The molecule has 0 atom stereocenters. The van der Waals surface area contributed by atoms with Gasteiger partial charge in [-0.15, -0.1) is 0 Å². The Morgan fingerprint density at radius 2 is 1.37 bits per heavy atom. The first-order chi connectivity index (χ1) is 18.5. The average molecular weight is 538 g/mol. The molecule has 9 heteroatoms. The lowest BCUT2D eigenvalue weighted by Gasteiger charge is -2.13. The number of nitrogens with zero attached hydrogens (tertiary/aromatic N) is 1. The van der Waals surface area contributed by atoms with Crippen LogP contribution in [-0.2, 0) is 19.1 Å². The number of imide groups is 1. The minimum atomic E-state index is -0.277. The molecule has 38 heavy (non-hydrogen) atoms.